The van der Waals surface area contributed by atoms with Crippen LogP contribution in [0, 0.1) is 0 Å². The largest absolute Gasteiger partial charge is 0.545 e. The van der Waals surface area contributed by atoms with Gasteiger partial charge in [0.2, 0.25) is 0 Å². The minimum absolute atomic E-state index is 0.109. The van der Waals surface area contributed by atoms with Gasteiger partial charge in [0, 0.05) is 29.8 Å². The molecular weight excluding hydrogens is 506 g/mol. The van der Waals surface area contributed by atoms with E-state index in [-0.39, 0.29) is 16.7 Å². The number of benzene rings is 2. The lowest BCUT2D eigenvalue weighted by molar-refractivity contribution is -0.856. The molecule has 10 heteroatoms. The van der Waals surface area contributed by atoms with Crippen LogP contribution in [0.3, 0.4) is 0 Å². The summed E-state index contributed by atoms with van der Waals surface area (Å²) in [5.41, 5.74) is 1.87. The molecule has 1 aliphatic heterocycles. The van der Waals surface area contributed by atoms with E-state index < -0.39 is 18.0 Å². The molecular formula is C28H31N3O6S. The number of pyridine rings is 1. The lowest BCUT2D eigenvalue weighted by Crippen LogP contribution is -3.06. The van der Waals surface area contributed by atoms with Crippen molar-refractivity contribution in [2.75, 3.05) is 39.2 Å². The monoisotopic (exact) mass is 537 g/mol. The number of fused-ring (bicyclic) bond motifs is 1. The van der Waals surface area contributed by atoms with Crippen molar-refractivity contribution in [3.05, 3.63) is 84.2 Å². The second-order valence-corrected chi connectivity index (χ2v) is 9.97. The molecule has 1 N–H and O–H groups in total. The summed E-state index contributed by atoms with van der Waals surface area (Å²) in [6, 6.07) is 18.4. The molecule has 1 aromatic heterocycles. The second kappa shape index (κ2) is 13.6. The molecule has 0 fully saturated rings. The van der Waals surface area contributed by atoms with E-state index in [4.69, 9.17) is 9.47 Å². The number of aromatic carboxylic acids is 1. The third kappa shape index (κ3) is 7.56. The van der Waals surface area contributed by atoms with Crippen LogP contribution in [-0.4, -0.2) is 63.2 Å². The highest BCUT2D eigenvalue weighted by Gasteiger charge is 2.40. The lowest BCUT2D eigenvalue weighted by Gasteiger charge is -2.27. The molecule has 0 radical (unpaired) electrons. The molecule has 0 saturated heterocycles. The Morgan fingerprint density at radius 2 is 1.79 bits per heavy atom. The van der Waals surface area contributed by atoms with Crippen molar-refractivity contribution in [3.8, 4) is 5.75 Å². The van der Waals surface area contributed by atoms with Crippen molar-refractivity contribution in [2.45, 2.75) is 23.2 Å². The molecule has 0 bridgehead atoms. The van der Waals surface area contributed by atoms with Gasteiger partial charge in [0.15, 0.2) is 6.10 Å². The number of quaternary nitrogens is 1. The fraction of sp³-hybridized carbons (Fsp3) is 0.286. The number of carboxylic acids is 1. The van der Waals surface area contributed by atoms with E-state index in [2.05, 4.69) is 4.98 Å². The molecule has 1 aliphatic rings. The number of ether oxygens (including phenoxy) is 2. The van der Waals surface area contributed by atoms with Crippen molar-refractivity contribution < 1.29 is 33.9 Å². The van der Waals surface area contributed by atoms with Gasteiger partial charge in [0.1, 0.15) is 5.75 Å². The third-order valence-corrected chi connectivity index (χ3v) is 7.04. The maximum Gasteiger partial charge on any atom is 0.303 e. The number of thioether (sulfide) groups is 1. The van der Waals surface area contributed by atoms with Gasteiger partial charge in [-0.05, 0) is 35.9 Å². The molecule has 4 rings (SSSR count). The Balaban J connectivity index is 0.000000375. The summed E-state index contributed by atoms with van der Waals surface area (Å²) < 4.78 is 10.8. The van der Waals surface area contributed by atoms with Crippen LogP contribution in [-0.2, 0) is 14.3 Å². The van der Waals surface area contributed by atoms with E-state index in [0.29, 0.717) is 6.54 Å². The van der Waals surface area contributed by atoms with Gasteiger partial charge < -0.3 is 29.2 Å². The van der Waals surface area contributed by atoms with Gasteiger partial charge in [0.25, 0.3) is 5.91 Å². The Morgan fingerprint density at radius 3 is 2.34 bits per heavy atom. The number of hydrogen-bond donors (Lipinski definition) is 1. The Bertz CT molecular complexity index is 1240. The predicted octanol–water partition coefficient (Wildman–Crippen LogP) is 1.40. The van der Waals surface area contributed by atoms with E-state index in [9.17, 15) is 19.5 Å². The Labute approximate surface area is 226 Å². The predicted molar refractivity (Wildman–Crippen MR) is 142 cm³/mol. The number of methoxy groups -OCH3 is 1. The summed E-state index contributed by atoms with van der Waals surface area (Å²) >= 11 is 1.55. The molecule has 0 spiro atoms. The van der Waals surface area contributed by atoms with Gasteiger partial charge in [-0.15, -0.1) is 11.8 Å². The third-order valence-electron chi connectivity index (χ3n) is 5.66. The smallest absolute Gasteiger partial charge is 0.303 e. The number of carbonyl (C=O) groups excluding carboxylic acids is 3. The molecule has 3 aromatic rings. The molecule has 2 atom stereocenters. The first kappa shape index (κ1) is 28.7. The van der Waals surface area contributed by atoms with E-state index in [1.54, 1.807) is 29.8 Å². The Hall–Kier alpha value is -3.89. The minimum Gasteiger partial charge on any atom is -0.545 e. The number of amides is 1. The number of carboxylic acid groups (broad SMARTS) is 1. The molecule has 0 saturated carbocycles. The lowest BCUT2D eigenvalue weighted by atomic mass is 10.1. The number of rotatable bonds is 7. The minimum atomic E-state index is -1.19. The normalized spacial score (nSPS) is 16.6. The number of anilines is 1. The number of aromatic nitrogens is 1. The van der Waals surface area contributed by atoms with Crippen LogP contribution in [0.4, 0.5) is 5.69 Å². The topological polar surface area (TPSA) is 113 Å². The summed E-state index contributed by atoms with van der Waals surface area (Å²) in [5.74, 6) is -1.12. The molecule has 9 nitrogen and oxygen atoms in total. The maximum absolute atomic E-state index is 13.6. The zero-order valence-electron chi connectivity index (χ0n) is 21.7. The highest BCUT2D eigenvalue weighted by Crippen LogP contribution is 2.46. The summed E-state index contributed by atoms with van der Waals surface area (Å²) in [7, 11) is 5.71. The van der Waals surface area contributed by atoms with Gasteiger partial charge >= 0.3 is 5.97 Å². The average molecular weight is 538 g/mol. The summed E-state index contributed by atoms with van der Waals surface area (Å²) in [6.45, 7) is 2.67. The maximum atomic E-state index is 13.6. The van der Waals surface area contributed by atoms with Gasteiger partial charge in [-0.25, -0.2) is 0 Å². The van der Waals surface area contributed by atoms with Gasteiger partial charge in [-0.2, -0.15) is 0 Å². The van der Waals surface area contributed by atoms with E-state index in [1.807, 2.05) is 62.6 Å². The molecule has 38 heavy (non-hydrogen) atoms. The molecule has 200 valence electrons. The van der Waals surface area contributed by atoms with Crippen molar-refractivity contribution in [2.24, 2.45) is 0 Å². The van der Waals surface area contributed by atoms with Crippen LogP contribution >= 0.6 is 11.8 Å². The standard InChI is InChI=1S/C22H26N2O4S.C6H5NO2/c1-15(25)28-20-21(16-9-11-17(27-4)12-10-16)29-19-8-6-5-7-18(19)24(22(20)26)14-13-23(2)3;8-6(9)5-2-1-3-7-4-5/h5-12,20-21H,13-14H2,1-4H3;1-4H,(H,8,9)/t20-,21+;/m1./s1. The zero-order chi connectivity index (χ0) is 27.7. The van der Waals surface area contributed by atoms with E-state index >= 15 is 0 Å². The highest BCUT2D eigenvalue weighted by molar-refractivity contribution is 7.99. The first-order valence-electron chi connectivity index (χ1n) is 12.0. The van der Waals surface area contributed by atoms with Crippen LogP contribution in [0.2, 0.25) is 0 Å². The molecule has 1 amide bonds. The van der Waals surface area contributed by atoms with Crippen LogP contribution in [0.15, 0.2) is 78.0 Å². The first-order chi connectivity index (χ1) is 18.2. The average Bonchev–Trinajstić information content (AvgIpc) is 3.02. The van der Waals surface area contributed by atoms with E-state index in [0.717, 1.165) is 28.4 Å². The SMILES string of the molecule is COc1ccc([C@@H]2Sc3ccccc3N(CC[NH+](C)C)C(=O)[C@@H]2OC(C)=O)cc1.O=C([O-])c1cccnc1. The molecule has 2 heterocycles. The number of nitrogens with zero attached hydrogens (tertiary/aromatic N) is 2. The molecule has 2 aromatic carbocycles. The first-order valence-corrected chi connectivity index (χ1v) is 12.9. The quantitative estimate of drug-likeness (QED) is 0.450. The van der Waals surface area contributed by atoms with Gasteiger partial charge in [-0.3, -0.25) is 14.6 Å². The van der Waals surface area contributed by atoms with Crippen LogP contribution in [0.1, 0.15) is 28.1 Å². The molecule has 0 unspecified atom stereocenters. The second-order valence-electron chi connectivity index (χ2n) is 8.79. The fourth-order valence-electron chi connectivity index (χ4n) is 3.76. The zero-order valence-corrected chi connectivity index (χ0v) is 22.6. The van der Waals surface area contributed by atoms with E-state index in [1.165, 1.54) is 30.3 Å². The number of carbonyl (C=O) groups is 3. The van der Waals surface area contributed by atoms with Crippen LogP contribution in [0.25, 0.3) is 0 Å². The number of likely N-dealkylation sites (N-methyl/N-ethyl adjacent to an activating group) is 1. The summed E-state index contributed by atoms with van der Waals surface area (Å²) in [4.78, 5) is 43.1. The van der Waals surface area contributed by atoms with Crippen molar-refractivity contribution >= 4 is 35.3 Å². The van der Waals surface area contributed by atoms with Gasteiger partial charge in [0.05, 0.1) is 51.2 Å². The van der Waals surface area contributed by atoms with Crippen LogP contribution < -0.4 is 19.6 Å². The number of esters is 1. The Kier molecular flexibility index (Phi) is 10.3. The Morgan fingerprint density at radius 1 is 1.08 bits per heavy atom. The number of nitrogens with one attached hydrogen (secondary N) is 1. The highest BCUT2D eigenvalue weighted by atomic mass is 32.2. The van der Waals surface area contributed by atoms with Gasteiger partial charge in [-0.1, -0.05) is 30.3 Å². The van der Waals surface area contributed by atoms with Crippen LogP contribution in [0.5, 0.6) is 5.75 Å². The number of para-hydroxylation sites is 1. The van der Waals surface area contributed by atoms with Crippen molar-refractivity contribution in [1.29, 1.82) is 0 Å². The summed E-state index contributed by atoms with van der Waals surface area (Å²) in [6.07, 6.45) is 1.84. The molecule has 0 aliphatic carbocycles. The van der Waals surface area contributed by atoms with Crippen molar-refractivity contribution in [3.63, 3.8) is 0 Å². The number of hydrogen-bond acceptors (Lipinski definition) is 8. The van der Waals surface area contributed by atoms with Crippen molar-refractivity contribution in [1.82, 2.24) is 4.98 Å². The fourth-order valence-corrected chi connectivity index (χ4v) is 5.08. The summed E-state index contributed by atoms with van der Waals surface area (Å²) in [5, 5.41) is 9.70.